The first-order valence-corrected chi connectivity index (χ1v) is 6.95. The Morgan fingerprint density at radius 3 is 2.50 bits per heavy atom. The monoisotopic (exact) mass is 305 g/mol. The van der Waals surface area contributed by atoms with E-state index in [0.717, 1.165) is 24.2 Å². The molecule has 0 spiro atoms. The summed E-state index contributed by atoms with van der Waals surface area (Å²) in [5.74, 6) is 0. The van der Waals surface area contributed by atoms with E-state index < -0.39 is 5.51 Å². The van der Waals surface area contributed by atoms with Gasteiger partial charge in [0, 0.05) is 25.1 Å². The summed E-state index contributed by atoms with van der Waals surface area (Å²) >= 11 is -0.0993. The molecule has 0 radical (unpaired) electrons. The number of thioether (sulfide) groups is 1. The summed E-state index contributed by atoms with van der Waals surface area (Å²) < 4.78 is 41.5. The molecule has 0 saturated heterocycles. The second kappa shape index (κ2) is 8.34. The van der Waals surface area contributed by atoms with E-state index in [9.17, 15) is 13.2 Å². The predicted molar refractivity (Wildman–Crippen MR) is 76.8 cm³/mol. The molecule has 0 saturated carbocycles. The largest absolute Gasteiger partial charge is 0.446 e. The first-order chi connectivity index (χ1) is 9.40. The van der Waals surface area contributed by atoms with Gasteiger partial charge in [-0.15, -0.1) is 0 Å². The van der Waals surface area contributed by atoms with Crippen LogP contribution in [0.2, 0.25) is 0 Å². The second-order valence-electron chi connectivity index (χ2n) is 4.28. The summed E-state index contributed by atoms with van der Waals surface area (Å²) in [5.41, 5.74) is -2.24. The maximum atomic E-state index is 12.2. The Morgan fingerprint density at radius 1 is 1.30 bits per heavy atom. The van der Waals surface area contributed by atoms with E-state index >= 15 is 0 Å². The number of benzene rings is 1. The lowest BCUT2D eigenvalue weighted by Gasteiger charge is -2.06. The van der Waals surface area contributed by atoms with Crippen molar-refractivity contribution in [2.75, 3.05) is 26.8 Å². The Kier molecular flexibility index (Phi) is 7.12. The highest BCUT2D eigenvalue weighted by atomic mass is 32.2. The van der Waals surface area contributed by atoms with E-state index in [0.29, 0.717) is 6.61 Å². The number of alkyl halides is 3. The zero-order valence-electron chi connectivity index (χ0n) is 11.5. The molecule has 0 fully saturated rings. The standard InChI is InChI=1S/C14H18F3NOS/c1-11(10-18-7-8-19-2)9-12-3-5-13(6-4-12)20-14(15,16)17/h3-6,9,18H,7-8,10H2,1-2H3. The van der Waals surface area contributed by atoms with Crippen LogP contribution in [0.5, 0.6) is 0 Å². The van der Waals surface area contributed by atoms with Crippen LogP contribution in [0, 0.1) is 0 Å². The van der Waals surface area contributed by atoms with Crippen molar-refractivity contribution in [3.05, 3.63) is 35.4 Å². The number of halogens is 3. The van der Waals surface area contributed by atoms with Gasteiger partial charge in [-0.3, -0.25) is 0 Å². The van der Waals surface area contributed by atoms with Crippen molar-refractivity contribution in [1.82, 2.24) is 5.32 Å². The van der Waals surface area contributed by atoms with Crippen LogP contribution in [-0.4, -0.2) is 32.3 Å². The van der Waals surface area contributed by atoms with Crippen LogP contribution in [0.3, 0.4) is 0 Å². The van der Waals surface area contributed by atoms with Gasteiger partial charge in [-0.25, -0.2) is 0 Å². The summed E-state index contributed by atoms with van der Waals surface area (Å²) in [6, 6.07) is 6.34. The molecule has 0 amide bonds. The Labute approximate surface area is 121 Å². The quantitative estimate of drug-likeness (QED) is 0.609. The van der Waals surface area contributed by atoms with Crippen molar-refractivity contribution < 1.29 is 17.9 Å². The van der Waals surface area contributed by atoms with Crippen molar-refractivity contribution in [3.8, 4) is 0 Å². The number of rotatable bonds is 7. The lowest BCUT2D eigenvalue weighted by Crippen LogP contribution is -2.20. The number of nitrogens with one attached hydrogen (secondary N) is 1. The number of methoxy groups -OCH3 is 1. The molecule has 0 aromatic heterocycles. The molecule has 20 heavy (non-hydrogen) atoms. The molecule has 1 aromatic carbocycles. The molecule has 0 unspecified atom stereocenters. The molecule has 0 bridgehead atoms. The van der Waals surface area contributed by atoms with Crippen LogP contribution in [0.1, 0.15) is 12.5 Å². The van der Waals surface area contributed by atoms with Crippen LogP contribution in [0.15, 0.2) is 34.7 Å². The van der Waals surface area contributed by atoms with Crippen LogP contribution in [0.25, 0.3) is 6.08 Å². The number of ether oxygens (including phenoxy) is 1. The summed E-state index contributed by atoms with van der Waals surface area (Å²) in [4.78, 5) is 0.200. The average molecular weight is 305 g/mol. The van der Waals surface area contributed by atoms with E-state index in [1.807, 2.05) is 13.0 Å². The molecule has 0 atom stereocenters. The lowest BCUT2D eigenvalue weighted by molar-refractivity contribution is -0.0328. The minimum atomic E-state index is -4.24. The third-order valence-electron chi connectivity index (χ3n) is 2.41. The van der Waals surface area contributed by atoms with Crippen LogP contribution in [-0.2, 0) is 4.74 Å². The fourth-order valence-corrected chi connectivity index (χ4v) is 2.10. The predicted octanol–water partition coefficient (Wildman–Crippen LogP) is 3.94. The number of hydrogen-bond donors (Lipinski definition) is 1. The molecule has 1 N–H and O–H groups in total. The topological polar surface area (TPSA) is 21.3 Å². The highest BCUT2D eigenvalue weighted by Crippen LogP contribution is 2.36. The third-order valence-corrected chi connectivity index (χ3v) is 3.15. The molecule has 2 nitrogen and oxygen atoms in total. The summed E-state index contributed by atoms with van der Waals surface area (Å²) in [7, 11) is 1.64. The maximum Gasteiger partial charge on any atom is 0.446 e. The Hall–Kier alpha value is -0.980. The Bertz CT molecular complexity index is 429. The van der Waals surface area contributed by atoms with Gasteiger partial charge in [-0.1, -0.05) is 23.8 Å². The fourth-order valence-electron chi connectivity index (χ4n) is 1.56. The van der Waals surface area contributed by atoms with E-state index in [1.165, 1.54) is 12.1 Å². The summed E-state index contributed by atoms with van der Waals surface area (Å²) in [6.45, 7) is 4.11. The first kappa shape index (κ1) is 17.1. The van der Waals surface area contributed by atoms with Gasteiger partial charge in [-0.05, 0) is 36.4 Å². The summed E-state index contributed by atoms with van der Waals surface area (Å²) in [6.07, 6.45) is 1.95. The van der Waals surface area contributed by atoms with E-state index in [4.69, 9.17) is 4.74 Å². The normalized spacial score (nSPS) is 12.8. The fraction of sp³-hybridized carbons (Fsp3) is 0.429. The SMILES string of the molecule is COCCNCC(C)=Cc1ccc(SC(F)(F)F)cc1. The number of hydrogen-bond acceptors (Lipinski definition) is 3. The van der Waals surface area contributed by atoms with Gasteiger partial charge in [0.05, 0.1) is 6.61 Å². The van der Waals surface area contributed by atoms with Crippen molar-refractivity contribution in [3.63, 3.8) is 0 Å². The van der Waals surface area contributed by atoms with Gasteiger partial charge < -0.3 is 10.1 Å². The van der Waals surface area contributed by atoms with Crippen molar-refractivity contribution in [2.24, 2.45) is 0 Å². The van der Waals surface area contributed by atoms with E-state index in [2.05, 4.69) is 5.32 Å². The summed E-state index contributed by atoms with van der Waals surface area (Å²) in [5, 5.41) is 3.20. The van der Waals surface area contributed by atoms with Gasteiger partial charge in [0.2, 0.25) is 0 Å². The molecular weight excluding hydrogens is 287 g/mol. The Balaban J connectivity index is 2.51. The van der Waals surface area contributed by atoms with Crippen molar-refractivity contribution >= 4 is 17.8 Å². The smallest absolute Gasteiger partial charge is 0.383 e. The minimum Gasteiger partial charge on any atom is -0.383 e. The zero-order chi connectivity index (χ0) is 15.0. The molecule has 112 valence electrons. The molecular formula is C14H18F3NOS. The van der Waals surface area contributed by atoms with Crippen molar-refractivity contribution in [1.29, 1.82) is 0 Å². The van der Waals surface area contributed by atoms with E-state index in [-0.39, 0.29) is 16.7 Å². The first-order valence-electron chi connectivity index (χ1n) is 6.13. The highest BCUT2D eigenvalue weighted by Gasteiger charge is 2.28. The lowest BCUT2D eigenvalue weighted by atomic mass is 10.1. The van der Waals surface area contributed by atoms with Crippen LogP contribution < -0.4 is 5.32 Å². The highest BCUT2D eigenvalue weighted by molar-refractivity contribution is 8.00. The maximum absolute atomic E-state index is 12.2. The van der Waals surface area contributed by atoms with Gasteiger partial charge >= 0.3 is 5.51 Å². The third kappa shape index (κ3) is 7.57. The van der Waals surface area contributed by atoms with Gasteiger partial charge in [0.15, 0.2) is 0 Å². The Morgan fingerprint density at radius 2 is 1.95 bits per heavy atom. The van der Waals surface area contributed by atoms with Gasteiger partial charge in [0.1, 0.15) is 0 Å². The van der Waals surface area contributed by atoms with E-state index in [1.54, 1.807) is 19.2 Å². The van der Waals surface area contributed by atoms with Crippen molar-refractivity contribution in [2.45, 2.75) is 17.3 Å². The molecule has 0 heterocycles. The van der Waals surface area contributed by atoms with Crippen LogP contribution in [0.4, 0.5) is 13.2 Å². The molecule has 1 aromatic rings. The second-order valence-corrected chi connectivity index (χ2v) is 5.42. The minimum absolute atomic E-state index is 0.0993. The molecule has 0 aliphatic rings. The average Bonchev–Trinajstić information content (AvgIpc) is 2.35. The molecule has 0 aliphatic heterocycles. The zero-order valence-corrected chi connectivity index (χ0v) is 12.3. The van der Waals surface area contributed by atoms with Gasteiger partial charge in [-0.2, -0.15) is 13.2 Å². The molecule has 6 heteroatoms. The molecule has 1 rings (SSSR count). The molecule has 0 aliphatic carbocycles. The van der Waals surface area contributed by atoms with Crippen LogP contribution >= 0.6 is 11.8 Å². The van der Waals surface area contributed by atoms with Gasteiger partial charge in [0.25, 0.3) is 0 Å².